The molecule has 0 fully saturated rings. The van der Waals surface area contributed by atoms with E-state index in [0.29, 0.717) is 24.3 Å². The summed E-state index contributed by atoms with van der Waals surface area (Å²) in [6, 6.07) is 5.80. The van der Waals surface area contributed by atoms with Gasteiger partial charge in [0.25, 0.3) is 0 Å². The van der Waals surface area contributed by atoms with E-state index >= 15 is 0 Å². The molecule has 0 aliphatic carbocycles. The van der Waals surface area contributed by atoms with Crippen molar-refractivity contribution < 1.29 is 48.0 Å². The molecule has 0 aromatic heterocycles. The first-order valence-electron chi connectivity index (χ1n) is 10.2. The average Bonchev–Trinajstić information content (AvgIpc) is 2.76. The second-order valence-corrected chi connectivity index (χ2v) is 14.1. The van der Waals surface area contributed by atoms with Crippen LogP contribution in [0.1, 0.15) is 38.8 Å². The minimum absolute atomic E-state index is 0.381. The molecule has 0 aliphatic heterocycles. The molecule has 0 bridgehead atoms. The van der Waals surface area contributed by atoms with Crippen molar-refractivity contribution in [1.82, 2.24) is 5.32 Å². The number of nitrogens with one attached hydrogen (secondary N) is 1. The average molecular weight is 560 g/mol. The second kappa shape index (κ2) is 9.36. The lowest BCUT2D eigenvalue weighted by Crippen LogP contribution is -2.52. The van der Waals surface area contributed by atoms with Gasteiger partial charge in [-0.15, -0.1) is 0 Å². The van der Waals surface area contributed by atoms with E-state index in [1.807, 2.05) is 0 Å². The molecule has 0 unspecified atom stereocenters. The van der Waals surface area contributed by atoms with Crippen LogP contribution >= 0.6 is 0 Å². The minimum atomic E-state index is -4.83. The lowest BCUT2D eigenvalue weighted by atomic mass is 10.1. The summed E-state index contributed by atoms with van der Waals surface area (Å²) in [5.74, 6) is -1.22. The number of hydrogen-bond acceptors (Lipinski definition) is 5. The summed E-state index contributed by atoms with van der Waals surface area (Å²) in [6.07, 6.45) is -9.63. The fourth-order valence-corrected chi connectivity index (χ4v) is 5.90. The zero-order valence-electron chi connectivity index (χ0n) is 19.5. The summed E-state index contributed by atoms with van der Waals surface area (Å²) in [7, 11) is -9.15. The van der Waals surface area contributed by atoms with Gasteiger partial charge in [-0.25, -0.2) is 16.8 Å². The molecule has 14 heteroatoms. The van der Waals surface area contributed by atoms with Gasteiger partial charge in [0.05, 0.1) is 25.7 Å². The van der Waals surface area contributed by atoms with Crippen molar-refractivity contribution in [3.05, 3.63) is 59.7 Å². The number of carbonyl (C=O) groups excluding carboxylic acids is 1. The van der Waals surface area contributed by atoms with Gasteiger partial charge in [0.15, 0.2) is 19.7 Å². The topological polar surface area (TPSA) is 97.4 Å². The summed E-state index contributed by atoms with van der Waals surface area (Å²) >= 11 is 0. The van der Waals surface area contributed by atoms with Crippen molar-refractivity contribution >= 4 is 25.6 Å². The highest BCUT2D eigenvalue weighted by Crippen LogP contribution is 2.35. The maximum atomic E-state index is 13.0. The molecule has 1 amide bonds. The third-order valence-corrected chi connectivity index (χ3v) is 10.4. The molecule has 0 aliphatic rings. The quantitative estimate of drug-likeness (QED) is 0.499. The summed E-state index contributed by atoms with van der Waals surface area (Å²) in [6.45, 7) is 3.42. The fourth-order valence-electron chi connectivity index (χ4n) is 3.02. The molecule has 0 saturated heterocycles. The molecule has 2 aromatic carbocycles. The molecule has 0 atom stereocenters. The lowest BCUT2D eigenvalue weighted by Gasteiger charge is -2.29. The van der Waals surface area contributed by atoms with Crippen molar-refractivity contribution in [3.63, 3.8) is 0 Å². The summed E-state index contributed by atoms with van der Waals surface area (Å²) < 4.78 is 126. The van der Waals surface area contributed by atoms with E-state index in [1.165, 1.54) is 0 Å². The molecule has 2 aromatic rings. The van der Waals surface area contributed by atoms with E-state index < -0.39 is 74.9 Å². The highest BCUT2D eigenvalue weighted by molar-refractivity contribution is 7.93. The van der Waals surface area contributed by atoms with Gasteiger partial charge in [-0.05, 0) is 64.1 Å². The Hall–Kier alpha value is -2.61. The summed E-state index contributed by atoms with van der Waals surface area (Å²) in [5.41, 5.74) is -2.44. The Kier molecular flexibility index (Phi) is 7.70. The number of carbonyl (C=O) groups is 1. The van der Waals surface area contributed by atoms with Crippen LogP contribution in [0.5, 0.6) is 0 Å². The van der Waals surface area contributed by atoms with E-state index in [4.69, 9.17) is 0 Å². The minimum Gasteiger partial charge on any atom is -0.353 e. The van der Waals surface area contributed by atoms with Crippen molar-refractivity contribution in [1.29, 1.82) is 0 Å². The SMILES string of the molecule is CC(C)(CNC(=O)C(C)(C)S(=O)(=O)c1cccc(C(F)(F)F)c1)S(=O)(=O)c1cccc(C(F)(F)F)c1. The monoisotopic (exact) mass is 559 g/mol. The number of alkyl halides is 6. The second-order valence-electron chi connectivity index (χ2n) is 9.01. The van der Waals surface area contributed by atoms with Gasteiger partial charge < -0.3 is 5.32 Å². The molecular formula is C22H23F6NO5S2. The maximum absolute atomic E-state index is 13.0. The van der Waals surface area contributed by atoms with E-state index in [-0.39, 0.29) is 0 Å². The van der Waals surface area contributed by atoms with Crippen LogP contribution in [0.4, 0.5) is 26.3 Å². The van der Waals surface area contributed by atoms with Crippen LogP contribution in [0.3, 0.4) is 0 Å². The molecule has 6 nitrogen and oxygen atoms in total. The zero-order valence-corrected chi connectivity index (χ0v) is 21.1. The number of rotatable bonds is 7. The summed E-state index contributed by atoms with van der Waals surface area (Å²) in [5, 5.41) is 2.16. The van der Waals surface area contributed by atoms with Crippen molar-refractivity contribution in [2.75, 3.05) is 6.54 Å². The van der Waals surface area contributed by atoms with Crippen LogP contribution < -0.4 is 5.32 Å². The third kappa shape index (κ3) is 5.69. The first-order chi connectivity index (χ1) is 16.0. The number of hydrogen-bond donors (Lipinski definition) is 1. The third-order valence-electron chi connectivity index (χ3n) is 5.56. The number of benzene rings is 2. The normalized spacial score (nSPS) is 13.9. The van der Waals surface area contributed by atoms with Crippen LogP contribution in [-0.4, -0.2) is 38.8 Å². The van der Waals surface area contributed by atoms with E-state index in [0.717, 1.165) is 52.0 Å². The Morgan fingerprint density at radius 1 is 0.722 bits per heavy atom. The van der Waals surface area contributed by atoms with Gasteiger partial charge in [-0.1, -0.05) is 12.1 Å². The Bertz CT molecular complexity index is 1360. The fraction of sp³-hybridized carbons (Fsp3) is 0.409. The van der Waals surface area contributed by atoms with Crippen LogP contribution in [-0.2, 0) is 36.8 Å². The van der Waals surface area contributed by atoms with Gasteiger partial charge in [0, 0.05) is 6.54 Å². The van der Waals surface area contributed by atoms with Gasteiger partial charge in [0.1, 0.15) is 4.75 Å². The van der Waals surface area contributed by atoms with Crippen molar-refractivity contribution in [2.24, 2.45) is 0 Å². The predicted molar refractivity (Wildman–Crippen MR) is 118 cm³/mol. The van der Waals surface area contributed by atoms with E-state index in [1.54, 1.807) is 0 Å². The largest absolute Gasteiger partial charge is 0.416 e. The molecule has 0 heterocycles. The van der Waals surface area contributed by atoms with E-state index in [2.05, 4.69) is 5.32 Å². The number of sulfone groups is 2. The van der Waals surface area contributed by atoms with Gasteiger partial charge in [0.2, 0.25) is 5.91 Å². The number of amides is 1. The molecule has 1 N–H and O–H groups in total. The Morgan fingerprint density at radius 3 is 1.50 bits per heavy atom. The smallest absolute Gasteiger partial charge is 0.353 e. The zero-order chi connectivity index (χ0) is 28.0. The van der Waals surface area contributed by atoms with Crippen LogP contribution in [0, 0.1) is 0 Å². The molecule has 2 rings (SSSR count). The lowest BCUT2D eigenvalue weighted by molar-refractivity contribution is -0.138. The van der Waals surface area contributed by atoms with Crippen LogP contribution in [0.15, 0.2) is 58.3 Å². The molecular weight excluding hydrogens is 536 g/mol. The molecule has 0 radical (unpaired) electrons. The predicted octanol–water partition coefficient (Wildman–Crippen LogP) is 4.65. The number of halogens is 6. The van der Waals surface area contributed by atoms with Gasteiger partial charge in [-0.2, -0.15) is 26.3 Å². The Balaban J connectivity index is 2.32. The Labute approximate surface area is 204 Å². The van der Waals surface area contributed by atoms with Crippen molar-refractivity contribution in [3.8, 4) is 0 Å². The highest BCUT2D eigenvalue weighted by atomic mass is 32.2. The molecule has 200 valence electrons. The van der Waals surface area contributed by atoms with Crippen molar-refractivity contribution in [2.45, 2.75) is 59.3 Å². The Morgan fingerprint density at radius 2 is 1.11 bits per heavy atom. The van der Waals surface area contributed by atoms with Crippen LogP contribution in [0.2, 0.25) is 0 Å². The summed E-state index contributed by atoms with van der Waals surface area (Å²) in [4.78, 5) is 11.4. The first kappa shape index (κ1) is 29.6. The molecule has 0 saturated carbocycles. The van der Waals surface area contributed by atoms with Crippen LogP contribution in [0.25, 0.3) is 0 Å². The first-order valence-corrected chi connectivity index (χ1v) is 13.1. The van der Waals surface area contributed by atoms with Gasteiger partial charge >= 0.3 is 12.4 Å². The van der Waals surface area contributed by atoms with E-state index in [9.17, 15) is 48.0 Å². The standard InChI is InChI=1S/C22H23F6NO5S2/c1-19(2,35(31,32)16-9-5-7-14(11-16)21(23,24)25)13-29-18(30)20(3,4)36(33,34)17-10-6-8-15(12-17)22(26,27)28/h5-12H,13H2,1-4H3,(H,29,30). The molecule has 36 heavy (non-hydrogen) atoms. The maximum Gasteiger partial charge on any atom is 0.416 e. The van der Waals surface area contributed by atoms with Gasteiger partial charge in [-0.3, -0.25) is 4.79 Å². The molecule has 0 spiro atoms. The highest BCUT2D eigenvalue weighted by Gasteiger charge is 2.45.